The van der Waals surface area contributed by atoms with Gasteiger partial charge in [0, 0.05) is 61.5 Å². The Balaban J connectivity index is 1.35. The molecule has 0 radical (unpaired) electrons. The van der Waals surface area contributed by atoms with E-state index in [1.807, 2.05) is 139 Å². The van der Waals surface area contributed by atoms with E-state index in [0.29, 0.717) is 27.6 Å². The van der Waals surface area contributed by atoms with Crippen LogP contribution in [-0.4, -0.2) is 11.3 Å². The average molecular weight is 1740 g/mol. The summed E-state index contributed by atoms with van der Waals surface area (Å²) in [5.74, 6) is 0. The maximum absolute atomic E-state index is 12.0. The molecule has 3 heterocycles. The van der Waals surface area contributed by atoms with E-state index in [1.165, 1.54) is 4.57 Å². The van der Waals surface area contributed by atoms with Gasteiger partial charge in [0.05, 0.1) is 58.0 Å². The van der Waals surface area contributed by atoms with Crippen LogP contribution < -0.4 is 26.2 Å². The van der Waals surface area contributed by atoms with Crippen LogP contribution in [-0.2, 0) is 65.0 Å². The zero-order chi connectivity index (χ0) is 117. The summed E-state index contributed by atoms with van der Waals surface area (Å²) in [5.41, 5.74) is -6.95. The van der Waals surface area contributed by atoms with Gasteiger partial charge in [0.25, 0.3) is 6.71 Å². The standard InChI is InChI=1S/C126H148BN3/c1-115(2,3)83-50-45-77(46-51-83)98-70-91(123(25,26)27)72-100(94-57-54-85(117(7,8)9)74-102(94)125(31,32)33)113(98)129-108-65-79(80-61-87(119(13,14)15)68-88(62-80)120(16,17)18)49-59-104(108)127-105-60-56-93(128-106-43-39-37-41-96(106)97-42-38-40-44-107(97)128)76-109(105)130(111-67-82(66-110(129)112(111)127)81-63-89(121(19,20)21)69-90(64-81)122(22,23)24)114-99(78-47-52-84(53-48-78)116(4,5)6)71-92(124(28,29)30)73-101(114)95-58-55-86(118(10,11)12)75-103(95)126(34,35)36/h37-76H,1-36H3/i37D,38D,39D,40D,41D,42D,43D,44D,45D,46D,47D,48D,50D,51D,52D,53D,54D,55D,57D,58D,70D,71D,72D,73D,74D,75D. The van der Waals surface area contributed by atoms with E-state index < -0.39 is 210 Å². The highest BCUT2D eigenvalue weighted by molar-refractivity contribution is 7.00. The van der Waals surface area contributed by atoms with Crippen LogP contribution in [0, 0.1) is 0 Å². The summed E-state index contributed by atoms with van der Waals surface area (Å²) >= 11 is 0. The third-order valence-electron chi connectivity index (χ3n) is 25.6. The van der Waals surface area contributed by atoms with E-state index in [9.17, 15) is 35.6 Å². The largest absolute Gasteiger partial charge is 0.310 e. The number of fused-ring (bicyclic) bond motifs is 7. The number of benzene rings is 13. The lowest BCUT2D eigenvalue weighted by atomic mass is 9.33. The molecule has 16 rings (SSSR count). The first-order chi connectivity index (χ1) is 70.9. The number of hydrogen-bond acceptors (Lipinski definition) is 2. The number of nitrogens with zero attached hydrogens (tertiary/aromatic N) is 3. The summed E-state index contributed by atoms with van der Waals surface area (Å²) in [4.78, 5) is 3.64. The quantitative estimate of drug-likeness (QED) is 0.133. The highest BCUT2D eigenvalue weighted by Crippen LogP contribution is 2.59. The van der Waals surface area contributed by atoms with Crippen molar-refractivity contribution in [2.75, 3.05) is 9.80 Å². The van der Waals surface area contributed by atoms with Gasteiger partial charge >= 0.3 is 0 Å². The van der Waals surface area contributed by atoms with Gasteiger partial charge in [-0.2, -0.15) is 0 Å². The Morgan fingerprint density at radius 2 is 0.523 bits per heavy atom. The van der Waals surface area contributed by atoms with E-state index >= 15 is 0 Å². The fourth-order valence-corrected chi connectivity index (χ4v) is 17.6. The molecule has 130 heavy (non-hydrogen) atoms. The summed E-state index contributed by atoms with van der Waals surface area (Å²) in [7, 11) is 0. The molecule has 1 aromatic heterocycles. The van der Waals surface area contributed by atoms with Crippen LogP contribution >= 0.6 is 0 Å². The second kappa shape index (κ2) is 31.5. The maximum Gasteiger partial charge on any atom is 0.252 e. The number of anilines is 6. The molecule has 670 valence electrons. The molecule has 3 nitrogen and oxygen atoms in total. The normalized spacial score (nSPS) is 16.8. The smallest absolute Gasteiger partial charge is 0.252 e. The Kier molecular flexibility index (Phi) is 15.8. The van der Waals surface area contributed by atoms with Gasteiger partial charge in [0.1, 0.15) is 0 Å². The number of rotatable bonds is 9. The Morgan fingerprint density at radius 3 is 0.869 bits per heavy atom. The van der Waals surface area contributed by atoms with Gasteiger partial charge in [-0.05, 0) is 259 Å². The van der Waals surface area contributed by atoms with E-state index in [4.69, 9.17) is 0 Å². The molecular formula is C126H148BN3. The number of aromatic nitrogens is 1. The Bertz CT molecular complexity index is 8280. The molecule has 0 unspecified atom stereocenters. The zero-order valence-corrected chi connectivity index (χ0v) is 84.0. The van der Waals surface area contributed by atoms with E-state index in [0.717, 1.165) is 27.8 Å². The third kappa shape index (κ3) is 17.3. The average Bonchev–Trinajstić information content (AvgIpc) is 0.885. The van der Waals surface area contributed by atoms with Crippen molar-refractivity contribution in [3.63, 3.8) is 0 Å². The zero-order valence-electron chi connectivity index (χ0n) is 110. The Labute approximate surface area is 820 Å². The minimum atomic E-state index is -1.36. The molecule has 2 aliphatic rings. The Hall–Kier alpha value is -10.7. The van der Waals surface area contributed by atoms with Crippen molar-refractivity contribution in [3.05, 3.63) is 309 Å². The first kappa shape index (κ1) is 65.0. The lowest BCUT2D eigenvalue weighted by molar-refractivity contribution is 0.568. The van der Waals surface area contributed by atoms with E-state index in [2.05, 4.69) is 119 Å². The van der Waals surface area contributed by atoms with Crippen LogP contribution in [0.4, 0.5) is 34.1 Å². The van der Waals surface area contributed by atoms with Crippen LogP contribution in [0.5, 0.6) is 0 Å². The van der Waals surface area contributed by atoms with Crippen molar-refractivity contribution < 1.29 is 35.6 Å². The third-order valence-corrected chi connectivity index (χ3v) is 25.6. The second-order valence-corrected chi connectivity index (χ2v) is 48.9. The molecular weight excluding hydrogens is 1570 g/mol. The number of hydrogen-bond donors (Lipinski definition) is 0. The van der Waals surface area contributed by atoms with Gasteiger partial charge in [-0.25, -0.2) is 0 Å². The van der Waals surface area contributed by atoms with Crippen molar-refractivity contribution in [2.45, 2.75) is 314 Å². The van der Waals surface area contributed by atoms with Crippen molar-refractivity contribution in [2.24, 2.45) is 0 Å². The van der Waals surface area contributed by atoms with Crippen LogP contribution in [0.1, 0.15) is 352 Å². The van der Waals surface area contributed by atoms with Crippen molar-refractivity contribution in [3.8, 4) is 72.4 Å². The summed E-state index contributed by atoms with van der Waals surface area (Å²) < 4.78 is 281. The molecule has 13 aromatic carbocycles. The predicted octanol–water partition coefficient (Wildman–Crippen LogP) is 34.4. The number of para-hydroxylation sites is 2. The first-order valence-corrected chi connectivity index (χ1v) is 46.2. The van der Waals surface area contributed by atoms with Gasteiger partial charge in [-0.1, -0.05) is 425 Å². The molecule has 0 amide bonds. The maximum atomic E-state index is 12.0. The van der Waals surface area contributed by atoms with Crippen molar-refractivity contribution >= 4 is 79.0 Å². The molecule has 0 bridgehead atoms. The molecule has 0 aliphatic carbocycles. The highest BCUT2D eigenvalue weighted by atomic mass is 15.2. The summed E-state index contributed by atoms with van der Waals surface area (Å²) in [6.07, 6.45) is 0. The monoisotopic (exact) mass is 1740 g/mol. The molecule has 0 saturated carbocycles. The van der Waals surface area contributed by atoms with Gasteiger partial charge in [0.15, 0.2) is 0 Å². The highest BCUT2D eigenvalue weighted by Gasteiger charge is 2.48. The fraction of sp³-hybridized carbons (Fsp3) is 0.381. The molecule has 0 N–H and O–H groups in total. The van der Waals surface area contributed by atoms with Gasteiger partial charge < -0.3 is 14.4 Å². The molecule has 0 spiro atoms. The lowest BCUT2D eigenvalue weighted by Gasteiger charge is -2.46. The molecule has 0 atom stereocenters. The van der Waals surface area contributed by atoms with Crippen molar-refractivity contribution in [1.29, 1.82) is 0 Å². The first-order valence-electron chi connectivity index (χ1n) is 59.2. The van der Waals surface area contributed by atoms with Crippen molar-refractivity contribution in [1.82, 2.24) is 4.57 Å². The second-order valence-electron chi connectivity index (χ2n) is 48.9. The molecule has 4 heteroatoms. The van der Waals surface area contributed by atoms with E-state index in [1.54, 1.807) is 85.4 Å². The molecule has 0 saturated heterocycles. The van der Waals surface area contributed by atoms with Crippen LogP contribution in [0.15, 0.2) is 242 Å². The Morgan fingerprint density at radius 1 is 0.223 bits per heavy atom. The molecule has 14 aromatic rings. The minimum Gasteiger partial charge on any atom is -0.310 e. The topological polar surface area (TPSA) is 11.4 Å². The summed E-state index contributed by atoms with van der Waals surface area (Å²) in [5, 5.41) is -0.538. The van der Waals surface area contributed by atoms with Crippen LogP contribution in [0.25, 0.3) is 94.3 Å². The SMILES string of the molecule is [2H]c1c([2H])c(C(C)(C)C)c([2H])c([2H])c1-c1c([2H])c(C(C)(C)C)c([2H])c(-c2c([2H])c([2H])c(C(C)(C)C)c([2H])c2C(C)(C)C)c1N1c2cc(-c3cc(C(C)(C)C)cc(C(C)(C)C)c3)ccc2B2c3ccc(-n4c5c([2H])c([2H])c([2H])c([2H])c5c5c([2H])c([2H])c([2H])c([2H])c54)cc3N(c3c(-c4c([2H])c([2H])c(C(C)(C)C)c([2H])c4[2H])c([2H])c(C(C)(C)C)c([2H])c3-c3c([2H])c([2H])c(C(C)(C)C)c([2H])c3C(C)(C)C)c3cc(-c4cc(C(C)(C)C)cc(C(C)(C)C)c4)cc1c32. The van der Waals surface area contributed by atoms with Crippen LogP contribution in [0.3, 0.4) is 0 Å². The lowest BCUT2D eigenvalue weighted by Crippen LogP contribution is -2.61. The minimum absolute atomic E-state index is 0.00109. The summed E-state index contributed by atoms with van der Waals surface area (Å²) in [6.45, 7) is 68.0. The molecule has 0 fully saturated rings. The van der Waals surface area contributed by atoms with Gasteiger partial charge in [-0.3, -0.25) is 0 Å². The van der Waals surface area contributed by atoms with Gasteiger partial charge in [0.2, 0.25) is 0 Å². The van der Waals surface area contributed by atoms with E-state index in [-0.39, 0.29) is 175 Å². The van der Waals surface area contributed by atoms with Gasteiger partial charge in [-0.15, -0.1) is 0 Å². The predicted molar refractivity (Wildman–Crippen MR) is 572 cm³/mol. The summed E-state index contributed by atoms with van der Waals surface area (Å²) in [6, 6.07) is 14.3. The molecule has 2 aliphatic heterocycles. The van der Waals surface area contributed by atoms with Crippen LogP contribution in [0.2, 0.25) is 0 Å². The fourth-order valence-electron chi connectivity index (χ4n) is 17.6.